The van der Waals surface area contributed by atoms with Crippen molar-refractivity contribution in [1.29, 1.82) is 0 Å². The van der Waals surface area contributed by atoms with Gasteiger partial charge in [-0.3, -0.25) is 19.8 Å². The lowest BCUT2D eigenvalue weighted by molar-refractivity contribution is -0.118. The summed E-state index contributed by atoms with van der Waals surface area (Å²) in [6.07, 6.45) is 4.32. The van der Waals surface area contributed by atoms with E-state index >= 15 is 0 Å². The zero-order valence-electron chi connectivity index (χ0n) is 14.8. The van der Waals surface area contributed by atoms with Crippen LogP contribution >= 0.6 is 0 Å². The van der Waals surface area contributed by atoms with Gasteiger partial charge < -0.3 is 0 Å². The number of fused-ring (bicyclic) bond motifs is 2. The van der Waals surface area contributed by atoms with Crippen LogP contribution in [0.2, 0.25) is 0 Å². The number of hydrogen-bond acceptors (Lipinski definition) is 4. The highest BCUT2D eigenvalue weighted by Crippen LogP contribution is 2.46. The molecule has 0 radical (unpaired) electrons. The average molecular weight is 347 g/mol. The number of hydrogen-bond donors (Lipinski definition) is 2. The van der Waals surface area contributed by atoms with Crippen LogP contribution in [0.25, 0.3) is 0 Å². The summed E-state index contributed by atoms with van der Waals surface area (Å²) in [7, 11) is 2.22. The summed E-state index contributed by atoms with van der Waals surface area (Å²) < 4.78 is 14.5. The van der Waals surface area contributed by atoms with E-state index in [1.54, 1.807) is 11.5 Å². The van der Waals surface area contributed by atoms with Gasteiger partial charge >= 0.3 is 0 Å². The maximum Gasteiger partial charge on any atom is 0.274 e. The van der Waals surface area contributed by atoms with E-state index in [0.29, 0.717) is 25.0 Å². The maximum atomic E-state index is 14.5. The smallest absolute Gasteiger partial charge is 0.274 e. The molecule has 4 unspecified atom stereocenters. The van der Waals surface area contributed by atoms with Crippen molar-refractivity contribution in [2.45, 2.75) is 57.3 Å². The van der Waals surface area contributed by atoms with Crippen LogP contribution in [-0.2, 0) is 13.0 Å². The molecule has 2 heterocycles. The maximum absolute atomic E-state index is 14.5. The Labute approximate surface area is 147 Å². The molecule has 4 rings (SSSR count). The number of carbonyl (C=O) groups excluding carboxylic acids is 1. The Morgan fingerprint density at radius 3 is 2.80 bits per heavy atom. The first-order valence-electron chi connectivity index (χ1n) is 9.25. The second-order valence-electron chi connectivity index (χ2n) is 7.77. The molecule has 0 bridgehead atoms. The van der Waals surface area contributed by atoms with Gasteiger partial charge in [0, 0.05) is 36.8 Å². The molecule has 25 heavy (non-hydrogen) atoms. The fourth-order valence-corrected chi connectivity index (χ4v) is 5.00. The average Bonchev–Trinajstić information content (AvgIpc) is 2.59. The Hall–Kier alpha value is -1.50. The number of nitrogens with zero attached hydrogens (tertiary/aromatic N) is 2. The summed E-state index contributed by atoms with van der Waals surface area (Å²) in [6.45, 7) is 3.83. The summed E-state index contributed by atoms with van der Waals surface area (Å²) in [5.41, 5.74) is 3.36. The molecule has 0 spiro atoms. The Kier molecular flexibility index (Phi) is 4.30. The van der Waals surface area contributed by atoms with E-state index in [9.17, 15) is 9.18 Å². The number of likely N-dealkylation sites (N-methyl/N-ethyl adjacent to an activating group) is 1. The minimum absolute atomic E-state index is 0.175. The molecule has 2 N–H and O–H groups in total. The zero-order valence-corrected chi connectivity index (χ0v) is 14.8. The first kappa shape index (κ1) is 16.9. The highest BCUT2D eigenvalue weighted by molar-refractivity contribution is 5.93. The fourth-order valence-electron chi connectivity index (χ4n) is 5.00. The summed E-state index contributed by atoms with van der Waals surface area (Å²) in [6, 6.07) is 4.67. The first-order chi connectivity index (χ1) is 12.0. The second-order valence-corrected chi connectivity index (χ2v) is 7.77. The summed E-state index contributed by atoms with van der Waals surface area (Å²) >= 11 is 0. The molecule has 1 aromatic rings. The predicted molar refractivity (Wildman–Crippen MR) is 91.9 cm³/mol. The van der Waals surface area contributed by atoms with Crippen molar-refractivity contribution < 1.29 is 14.4 Å². The van der Waals surface area contributed by atoms with E-state index in [-0.39, 0.29) is 11.4 Å². The summed E-state index contributed by atoms with van der Waals surface area (Å²) in [5, 5.41) is 8.83. The standard InChI is InChI=1S/C19H26FN3O2/c1-3-13-8-15-12(6-11(7-16(15)20)19(24)21-25)9-23(13)10-18-14-4-5-17(14)22(18)2/h6-7,13-14,17-18,25H,3-5,8-10H2,1-2H3,(H,21,24). The number of nitrogens with one attached hydrogen (secondary N) is 1. The molecule has 2 aliphatic heterocycles. The van der Waals surface area contributed by atoms with Gasteiger partial charge in [0.05, 0.1) is 0 Å². The molecule has 5 nitrogen and oxygen atoms in total. The monoisotopic (exact) mass is 347 g/mol. The van der Waals surface area contributed by atoms with Crippen LogP contribution in [-0.4, -0.2) is 52.6 Å². The fraction of sp³-hybridized carbons (Fsp3) is 0.632. The summed E-state index contributed by atoms with van der Waals surface area (Å²) in [5.74, 6) is -0.178. The van der Waals surface area contributed by atoms with Gasteiger partial charge in [0.1, 0.15) is 5.82 Å². The molecule has 3 aliphatic rings. The molecule has 2 fully saturated rings. The lowest BCUT2D eigenvalue weighted by Gasteiger charge is -2.62. The normalized spacial score (nSPS) is 31.5. The minimum Gasteiger partial charge on any atom is -0.299 e. The minimum atomic E-state index is -0.665. The van der Waals surface area contributed by atoms with E-state index in [1.165, 1.54) is 18.9 Å². The highest BCUT2D eigenvalue weighted by Gasteiger charge is 2.52. The molecular weight excluding hydrogens is 321 g/mol. The SMILES string of the molecule is CCC1Cc2c(F)cc(C(=O)NO)cc2CN1CC1C2CCC2N1C. The summed E-state index contributed by atoms with van der Waals surface area (Å²) in [4.78, 5) is 16.6. The van der Waals surface area contributed by atoms with Crippen LogP contribution < -0.4 is 5.48 Å². The third-order valence-electron chi connectivity index (χ3n) is 6.70. The van der Waals surface area contributed by atoms with Crippen LogP contribution in [0.3, 0.4) is 0 Å². The first-order valence-corrected chi connectivity index (χ1v) is 9.25. The van der Waals surface area contributed by atoms with Crippen LogP contribution in [0, 0.1) is 11.7 Å². The van der Waals surface area contributed by atoms with Gasteiger partial charge in [-0.1, -0.05) is 6.92 Å². The topological polar surface area (TPSA) is 55.8 Å². The molecular formula is C19H26FN3O2. The van der Waals surface area contributed by atoms with E-state index in [2.05, 4.69) is 23.8 Å². The number of benzene rings is 1. The van der Waals surface area contributed by atoms with Crippen LogP contribution in [0.15, 0.2) is 12.1 Å². The van der Waals surface area contributed by atoms with E-state index < -0.39 is 5.91 Å². The number of halogens is 1. The molecule has 1 amide bonds. The van der Waals surface area contributed by atoms with Gasteiger partial charge in [0.25, 0.3) is 5.91 Å². The second kappa shape index (κ2) is 6.34. The van der Waals surface area contributed by atoms with Crippen molar-refractivity contribution in [2.24, 2.45) is 5.92 Å². The number of carbonyl (C=O) groups is 1. The number of likely N-dealkylation sites (tertiary alicyclic amines) is 1. The molecule has 1 saturated carbocycles. The third kappa shape index (κ3) is 2.67. The van der Waals surface area contributed by atoms with Crippen LogP contribution in [0.1, 0.15) is 47.7 Å². The number of hydroxylamine groups is 1. The van der Waals surface area contributed by atoms with Gasteiger partial charge in [-0.05, 0) is 61.9 Å². The quantitative estimate of drug-likeness (QED) is 0.647. The highest BCUT2D eigenvalue weighted by atomic mass is 19.1. The van der Waals surface area contributed by atoms with Gasteiger partial charge in [-0.25, -0.2) is 9.87 Å². The number of piperidine rings is 1. The lowest BCUT2D eigenvalue weighted by atomic mass is 9.65. The van der Waals surface area contributed by atoms with Crippen molar-refractivity contribution >= 4 is 5.91 Å². The third-order valence-corrected chi connectivity index (χ3v) is 6.70. The van der Waals surface area contributed by atoms with Gasteiger partial charge in [-0.15, -0.1) is 0 Å². The Morgan fingerprint density at radius 1 is 1.40 bits per heavy atom. The van der Waals surface area contributed by atoms with Gasteiger partial charge in [0.15, 0.2) is 0 Å². The lowest BCUT2D eigenvalue weighted by Crippen LogP contribution is -2.70. The largest absolute Gasteiger partial charge is 0.299 e. The Balaban J connectivity index is 1.57. The van der Waals surface area contributed by atoms with Crippen molar-refractivity contribution in [3.8, 4) is 0 Å². The van der Waals surface area contributed by atoms with Gasteiger partial charge in [0.2, 0.25) is 0 Å². The van der Waals surface area contributed by atoms with E-state index in [1.807, 2.05) is 0 Å². The predicted octanol–water partition coefficient (Wildman–Crippen LogP) is 2.17. The zero-order chi connectivity index (χ0) is 17.7. The molecule has 1 saturated heterocycles. The Morgan fingerprint density at radius 2 is 2.20 bits per heavy atom. The van der Waals surface area contributed by atoms with E-state index in [0.717, 1.165) is 36.1 Å². The molecule has 1 aromatic carbocycles. The van der Waals surface area contributed by atoms with Crippen molar-refractivity contribution in [1.82, 2.24) is 15.3 Å². The van der Waals surface area contributed by atoms with E-state index in [4.69, 9.17) is 5.21 Å². The van der Waals surface area contributed by atoms with Crippen LogP contribution in [0.5, 0.6) is 0 Å². The molecule has 4 atom stereocenters. The number of amides is 1. The molecule has 6 heteroatoms. The molecule has 0 aromatic heterocycles. The Bertz CT molecular complexity index is 689. The van der Waals surface area contributed by atoms with Gasteiger partial charge in [-0.2, -0.15) is 0 Å². The molecule has 1 aliphatic carbocycles. The number of rotatable bonds is 4. The van der Waals surface area contributed by atoms with Crippen LogP contribution in [0.4, 0.5) is 4.39 Å². The van der Waals surface area contributed by atoms with Crippen molar-refractivity contribution in [3.05, 3.63) is 34.6 Å². The van der Waals surface area contributed by atoms with Crippen molar-refractivity contribution in [3.63, 3.8) is 0 Å². The molecule has 136 valence electrons. The van der Waals surface area contributed by atoms with Crippen molar-refractivity contribution in [2.75, 3.05) is 13.6 Å².